The van der Waals surface area contributed by atoms with Crippen LogP contribution in [0.2, 0.25) is 0 Å². The average Bonchev–Trinajstić information content (AvgIpc) is 3.09. The predicted molar refractivity (Wildman–Crippen MR) is 101 cm³/mol. The maximum absolute atomic E-state index is 12.4. The highest BCUT2D eigenvalue weighted by Crippen LogP contribution is 2.37. The van der Waals surface area contributed by atoms with E-state index < -0.39 is 11.9 Å². The quantitative estimate of drug-likeness (QED) is 0.683. The summed E-state index contributed by atoms with van der Waals surface area (Å²) in [6.45, 7) is 0.459. The first-order valence-corrected chi connectivity index (χ1v) is 8.22. The minimum absolute atomic E-state index is 0. The fourth-order valence-corrected chi connectivity index (χ4v) is 2.93. The number of nitrogens with two attached hydrogens (primary N) is 1. The number of rotatable bonds is 7. The second-order valence-corrected chi connectivity index (χ2v) is 5.81. The first-order valence-electron chi connectivity index (χ1n) is 7.34. The Balaban J connectivity index is 0.00000338. The number of thiazole rings is 1. The van der Waals surface area contributed by atoms with E-state index in [2.05, 4.69) is 10.3 Å². The topological polar surface area (TPSA) is 113 Å². The molecule has 1 amide bonds. The highest BCUT2D eigenvalue weighted by Gasteiger charge is 2.20. The number of methoxy groups -OCH3 is 3. The van der Waals surface area contributed by atoms with E-state index in [-0.39, 0.29) is 29.4 Å². The summed E-state index contributed by atoms with van der Waals surface area (Å²) in [7, 11) is 4.14. The van der Waals surface area contributed by atoms with Crippen LogP contribution in [-0.2, 0) is 11.2 Å². The molecule has 0 saturated heterocycles. The molecule has 0 aliphatic carbocycles. The minimum atomic E-state index is -0.560. The van der Waals surface area contributed by atoms with Crippen molar-refractivity contribution in [1.29, 1.82) is 0 Å². The molecule has 2 rings (SSSR count). The second-order valence-electron chi connectivity index (χ2n) is 4.87. The highest BCUT2D eigenvalue weighted by molar-refractivity contribution is 7.09. The van der Waals surface area contributed by atoms with Gasteiger partial charge in [0, 0.05) is 11.8 Å². The zero-order valence-electron chi connectivity index (χ0n) is 14.5. The standard InChI is InChI=1S/C16H19N3O5S.ClH/c1-22-12-7-9(16(21)24-3)6-10(14(12)23-2)19-15(20)11-8-25-13(18-11)4-5-17;/h6-8H,4-5,17H2,1-3H3,(H,19,20);1H. The lowest BCUT2D eigenvalue weighted by Crippen LogP contribution is -2.15. The van der Waals surface area contributed by atoms with Crippen molar-refractivity contribution in [3.8, 4) is 11.5 Å². The van der Waals surface area contributed by atoms with Crippen LogP contribution in [0, 0.1) is 0 Å². The molecule has 1 aromatic heterocycles. The fraction of sp³-hybridized carbons (Fsp3) is 0.312. The van der Waals surface area contributed by atoms with Crippen molar-refractivity contribution in [2.45, 2.75) is 6.42 Å². The fourth-order valence-electron chi connectivity index (χ4n) is 2.13. The van der Waals surface area contributed by atoms with Crippen LogP contribution in [0.5, 0.6) is 11.5 Å². The number of ether oxygens (including phenoxy) is 3. The van der Waals surface area contributed by atoms with Crippen LogP contribution in [0.25, 0.3) is 0 Å². The van der Waals surface area contributed by atoms with Crippen molar-refractivity contribution in [2.24, 2.45) is 5.73 Å². The third-order valence-electron chi connectivity index (χ3n) is 3.29. The van der Waals surface area contributed by atoms with E-state index in [0.717, 1.165) is 5.01 Å². The number of carbonyl (C=O) groups excluding carboxylic acids is 2. The summed E-state index contributed by atoms with van der Waals surface area (Å²) in [6, 6.07) is 2.93. The molecule has 0 aliphatic heterocycles. The molecule has 0 spiro atoms. The highest BCUT2D eigenvalue weighted by atomic mass is 35.5. The summed E-state index contributed by atoms with van der Waals surface area (Å²) in [6.07, 6.45) is 0.604. The van der Waals surface area contributed by atoms with Gasteiger partial charge in [0.15, 0.2) is 11.5 Å². The Morgan fingerprint density at radius 3 is 2.54 bits per heavy atom. The number of aromatic nitrogens is 1. The Labute approximate surface area is 161 Å². The van der Waals surface area contributed by atoms with Crippen LogP contribution in [-0.4, -0.2) is 44.7 Å². The van der Waals surface area contributed by atoms with Crippen LogP contribution < -0.4 is 20.5 Å². The van der Waals surface area contributed by atoms with Crippen molar-refractivity contribution in [1.82, 2.24) is 4.98 Å². The van der Waals surface area contributed by atoms with Gasteiger partial charge >= 0.3 is 5.97 Å². The molecule has 2 aromatic rings. The number of nitrogens with one attached hydrogen (secondary N) is 1. The molecule has 0 saturated carbocycles. The van der Waals surface area contributed by atoms with Gasteiger partial charge in [-0.15, -0.1) is 23.7 Å². The van der Waals surface area contributed by atoms with Gasteiger partial charge in [0.2, 0.25) is 0 Å². The molecule has 8 nitrogen and oxygen atoms in total. The van der Waals surface area contributed by atoms with Crippen molar-refractivity contribution < 1.29 is 23.8 Å². The lowest BCUT2D eigenvalue weighted by atomic mass is 10.1. The monoisotopic (exact) mass is 401 g/mol. The number of amides is 1. The molecule has 10 heteroatoms. The Morgan fingerprint density at radius 2 is 1.96 bits per heavy atom. The zero-order chi connectivity index (χ0) is 18.4. The molecule has 142 valence electrons. The number of carbonyl (C=O) groups is 2. The normalized spacial score (nSPS) is 9.85. The van der Waals surface area contributed by atoms with Gasteiger partial charge in [-0.05, 0) is 18.7 Å². The molecule has 0 radical (unpaired) electrons. The lowest BCUT2D eigenvalue weighted by molar-refractivity contribution is 0.0600. The summed E-state index contributed by atoms with van der Waals surface area (Å²) in [5, 5.41) is 5.11. The van der Waals surface area contributed by atoms with E-state index >= 15 is 0 Å². The van der Waals surface area contributed by atoms with Gasteiger partial charge in [-0.25, -0.2) is 9.78 Å². The lowest BCUT2D eigenvalue weighted by Gasteiger charge is -2.14. The first-order chi connectivity index (χ1) is 12.0. The Bertz CT molecular complexity index is 781. The van der Waals surface area contributed by atoms with Gasteiger partial charge in [-0.2, -0.15) is 0 Å². The van der Waals surface area contributed by atoms with Gasteiger partial charge < -0.3 is 25.3 Å². The van der Waals surface area contributed by atoms with Crippen LogP contribution in [0.1, 0.15) is 25.9 Å². The van der Waals surface area contributed by atoms with Crippen molar-refractivity contribution in [2.75, 3.05) is 33.2 Å². The van der Waals surface area contributed by atoms with E-state index in [1.807, 2.05) is 0 Å². The van der Waals surface area contributed by atoms with Gasteiger partial charge in [0.05, 0.1) is 37.6 Å². The van der Waals surface area contributed by atoms with Crippen molar-refractivity contribution in [3.63, 3.8) is 0 Å². The van der Waals surface area contributed by atoms with Crippen molar-refractivity contribution in [3.05, 3.63) is 33.8 Å². The summed E-state index contributed by atoms with van der Waals surface area (Å²) in [5.74, 6) is -0.402. The summed E-state index contributed by atoms with van der Waals surface area (Å²) in [4.78, 5) is 28.5. The van der Waals surface area contributed by atoms with E-state index in [0.29, 0.717) is 24.5 Å². The molecule has 3 N–H and O–H groups in total. The Hall–Kier alpha value is -2.36. The van der Waals surface area contributed by atoms with Crippen molar-refractivity contribution >= 4 is 41.3 Å². The van der Waals surface area contributed by atoms with Gasteiger partial charge in [-0.1, -0.05) is 0 Å². The molecule has 0 atom stereocenters. The second kappa shape index (κ2) is 9.95. The average molecular weight is 402 g/mol. The van der Waals surface area contributed by atoms with E-state index in [1.54, 1.807) is 5.38 Å². The SMILES string of the molecule is COC(=O)c1cc(NC(=O)c2csc(CCN)n2)c(OC)c(OC)c1.Cl. The number of hydrogen-bond acceptors (Lipinski definition) is 8. The number of esters is 1. The molecule has 0 unspecified atom stereocenters. The third-order valence-corrected chi connectivity index (χ3v) is 4.20. The maximum Gasteiger partial charge on any atom is 0.338 e. The largest absolute Gasteiger partial charge is 0.493 e. The molecular weight excluding hydrogens is 382 g/mol. The van der Waals surface area contributed by atoms with Gasteiger partial charge in [-0.3, -0.25) is 4.79 Å². The molecule has 1 heterocycles. The predicted octanol–water partition coefficient (Wildman–Crippen LogP) is 2.12. The molecule has 0 aliphatic rings. The summed E-state index contributed by atoms with van der Waals surface area (Å²) < 4.78 is 15.2. The van der Waals surface area contributed by atoms with Gasteiger partial charge in [0.25, 0.3) is 5.91 Å². The van der Waals surface area contributed by atoms with Crippen LogP contribution in [0.4, 0.5) is 5.69 Å². The summed E-state index contributed by atoms with van der Waals surface area (Å²) >= 11 is 1.36. The molecule has 0 fully saturated rings. The maximum atomic E-state index is 12.4. The third kappa shape index (κ3) is 4.84. The van der Waals surface area contributed by atoms with E-state index in [1.165, 1.54) is 44.8 Å². The van der Waals surface area contributed by atoms with E-state index in [9.17, 15) is 9.59 Å². The Morgan fingerprint density at radius 1 is 1.23 bits per heavy atom. The smallest absolute Gasteiger partial charge is 0.338 e. The number of nitrogens with zero attached hydrogens (tertiary/aromatic N) is 1. The number of hydrogen-bond donors (Lipinski definition) is 2. The van der Waals surface area contributed by atoms with E-state index in [4.69, 9.17) is 19.9 Å². The Kier molecular flexibility index (Phi) is 8.30. The molecule has 0 bridgehead atoms. The number of anilines is 1. The van der Waals surface area contributed by atoms with Crippen LogP contribution in [0.15, 0.2) is 17.5 Å². The molecule has 26 heavy (non-hydrogen) atoms. The minimum Gasteiger partial charge on any atom is -0.493 e. The van der Waals surface area contributed by atoms with Crippen LogP contribution in [0.3, 0.4) is 0 Å². The molecule has 1 aromatic carbocycles. The molecular formula is C16H20ClN3O5S. The number of benzene rings is 1. The van der Waals surface area contributed by atoms with Crippen LogP contribution >= 0.6 is 23.7 Å². The first kappa shape index (κ1) is 21.7. The zero-order valence-corrected chi connectivity index (χ0v) is 16.2. The van der Waals surface area contributed by atoms with Gasteiger partial charge in [0.1, 0.15) is 5.69 Å². The number of halogens is 1. The summed E-state index contributed by atoms with van der Waals surface area (Å²) in [5.41, 5.74) is 6.25.